The second kappa shape index (κ2) is 32.1. The lowest BCUT2D eigenvalue weighted by molar-refractivity contribution is -0.0200. The van der Waals surface area contributed by atoms with E-state index >= 15 is 8.78 Å². The maximum atomic E-state index is 15.5. The van der Waals surface area contributed by atoms with Gasteiger partial charge in [-0.3, -0.25) is 0 Å². The minimum absolute atomic E-state index is 0.0104. The molecule has 5 aliphatic rings. The van der Waals surface area contributed by atoms with Crippen molar-refractivity contribution >= 4 is 64.7 Å². The van der Waals surface area contributed by atoms with Crippen molar-refractivity contribution in [1.29, 1.82) is 0 Å². The highest BCUT2D eigenvalue weighted by Crippen LogP contribution is 2.54. The molecule has 598 valence electrons. The first-order valence-corrected chi connectivity index (χ1v) is 39.9. The molecule has 0 bridgehead atoms. The predicted octanol–water partition coefficient (Wildman–Crippen LogP) is 6.60. The summed E-state index contributed by atoms with van der Waals surface area (Å²) >= 11 is 0. The molecule has 0 unspecified atom stereocenters. The molecule has 30 nitrogen and oxygen atoms in total. The number of aromatic nitrogens is 15. The Hall–Kier alpha value is -10.6. The summed E-state index contributed by atoms with van der Waals surface area (Å²) in [4.78, 5) is 19.8. The number of ether oxygens (including phenoxy) is 5. The lowest BCUT2D eigenvalue weighted by atomic mass is 9.75. The Labute approximate surface area is 650 Å². The van der Waals surface area contributed by atoms with E-state index in [-0.39, 0.29) is 79.8 Å². The van der Waals surface area contributed by atoms with Crippen LogP contribution in [0.4, 0.5) is 46.7 Å². The van der Waals surface area contributed by atoms with Crippen molar-refractivity contribution in [3.63, 3.8) is 0 Å². The van der Waals surface area contributed by atoms with Crippen molar-refractivity contribution in [2.24, 2.45) is 34.5 Å². The first-order valence-electron chi connectivity index (χ1n) is 36.4. The Morgan fingerprint density at radius 1 is 0.416 bits per heavy atom. The Morgan fingerprint density at radius 3 is 1.00 bits per heavy atom. The standard InChI is InChI=1S/C18H25FN4O2Si.C16H20N4O2.2C15H17FN4O2.C14H15FN4O2/c1-11-14(9-24)25-16(18(11,2)19)13-8-12(6-7-26(3,4)5)15-17(20)21-10-22-23(13)15;1-5-10-6-11(20-13(10)15(17)18-8-19-20)14-16(3,4)9(2)12(7-21)22-14;1-4-8-5-9(20-11(8)14(17)18-7-19-20)13-15(2,3)12(16)10(6-21)22-13;1-4-9-5-10(20-12(9)14(17)18-7-19-20)13-15(3,16)8(2)11(6-21)22-13;1-3-8-4-9(19-12(8)14(16)17-6-18-19)13-11(15)7(2)10(5-20)21-13/h8,10-11,14,16,24H,9H2,1-5H3,(H2,20,21,22);1,6,8-9,12,14,21H,7H2,2-4H3,(H2,17,18,19);1,5,7,10,12-13,21H,6H2,2-3H3,(H2,17,18,19);1,5,7-8,11,13,21H,6H2,2-3H3,(H2,17,18,19);1,4,6-7,10-11,13,20H,5H2,2H3,(H2,16,17,18)/t11-,14-,16+,18-;9-,12-,14+;10-,12-,13+;8-,11-,13+,15-;7-,10-,11-,13+/m11111/s1. The largest absolute Gasteiger partial charge is 0.394 e. The SMILES string of the molecule is C#Cc1cc([C@@H]2O[C@H](CO)[C@@H](C)C2(C)C)n2ncnc(N)c12.C#Cc1cc([C@@H]2O[C@H](CO)[C@@H](C)[C@@]2(C)F)n2ncnc(N)c12.C#Cc1cc([C@@H]2O[C@H](CO)[C@@H](C)[C@H]2F)n2ncnc(N)c12.C#Cc1cc([C@@H]2O[C@H](CO)[C@@H](F)C2(C)C)n2ncnc(N)c12.C[C@@H]1[C@@H](CO)O[C@@H](c2cc(C#C[Si](C)(C)C)c3c(N)ncnn23)[C@]1(C)F. The van der Waals surface area contributed by atoms with Gasteiger partial charge in [0.25, 0.3) is 0 Å². The van der Waals surface area contributed by atoms with Crippen LogP contribution in [0, 0.1) is 95.3 Å². The van der Waals surface area contributed by atoms with Crippen LogP contribution in [0.1, 0.15) is 156 Å². The molecule has 0 amide bonds. The summed E-state index contributed by atoms with van der Waals surface area (Å²) in [6.07, 6.45) is 19.8. The van der Waals surface area contributed by atoms with Crippen LogP contribution in [-0.4, -0.2) is 194 Å². The summed E-state index contributed by atoms with van der Waals surface area (Å²) in [5, 5.41) is 67.9. The quantitative estimate of drug-likeness (QED) is 0.0391. The van der Waals surface area contributed by atoms with Crippen LogP contribution in [0.2, 0.25) is 19.6 Å². The fourth-order valence-electron chi connectivity index (χ4n) is 15.2. The Balaban J connectivity index is 0.000000140. The molecule has 0 radical (unpaired) electrons. The molecule has 10 aromatic heterocycles. The lowest BCUT2D eigenvalue weighted by Gasteiger charge is -2.28. The summed E-state index contributed by atoms with van der Waals surface area (Å²) < 4.78 is 96.3. The maximum Gasteiger partial charge on any atom is 0.152 e. The number of alkyl halides is 4. The Bertz CT molecular complexity index is 5140. The molecular weight excluding hydrogens is 1480 g/mol. The van der Waals surface area contributed by atoms with Gasteiger partial charge >= 0.3 is 0 Å². The summed E-state index contributed by atoms with van der Waals surface area (Å²) in [6, 6.07) is 8.63. The number of halogens is 4. The molecular formula is C78H94F4N20O10Si. The zero-order chi connectivity index (χ0) is 82.6. The van der Waals surface area contributed by atoms with Crippen LogP contribution >= 0.6 is 0 Å². The highest BCUT2D eigenvalue weighted by Gasteiger charge is 2.57. The third kappa shape index (κ3) is 14.9. The van der Waals surface area contributed by atoms with Crippen molar-refractivity contribution in [3.05, 3.63) is 118 Å². The van der Waals surface area contributed by atoms with Crippen LogP contribution in [0.15, 0.2) is 62.0 Å². The second-order valence-corrected chi connectivity index (χ2v) is 36.0. The van der Waals surface area contributed by atoms with Gasteiger partial charge < -0.3 is 77.9 Å². The maximum absolute atomic E-state index is 15.5. The molecule has 10 aromatic rings. The lowest BCUT2D eigenvalue weighted by Crippen LogP contribution is -2.32. The van der Waals surface area contributed by atoms with Crippen LogP contribution < -0.4 is 28.7 Å². The summed E-state index contributed by atoms with van der Waals surface area (Å²) in [7, 11) is -1.61. The van der Waals surface area contributed by atoms with Gasteiger partial charge in [0.15, 0.2) is 29.1 Å². The van der Waals surface area contributed by atoms with Gasteiger partial charge in [-0.15, -0.1) is 31.2 Å². The number of terminal acetylenes is 4. The third-order valence-corrected chi connectivity index (χ3v) is 23.4. The van der Waals surface area contributed by atoms with E-state index in [1.165, 1.54) is 59.0 Å². The average Bonchev–Trinajstić information content (AvgIpc) is 1.60. The van der Waals surface area contributed by atoms with Crippen LogP contribution in [0.5, 0.6) is 0 Å². The number of anilines is 5. The zero-order valence-corrected chi connectivity index (χ0v) is 65.7. The van der Waals surface area contributed by atoms with Gasteiger partial charge in [-0.05, 0) is 50.1 Å². The number of nitrogens with zero attached hydrogens (tertiary/aromatic N) is 15. The molecule has 15 rings (SSSR count). The smallest absolute Gasteiger partial charge is 0.152 e. The number of hydrogen-bond acceptors (Lipinski definition) is 25. The van der Waals surface area contributed by atoms with Crippen molar-refractivity contribution in [2.75, 3.05) is 61.7 Å². The topological polar surface area (TPSA) is 428 Å². The van der Waals surface area contributed by atoms with Crippen LogP contribution in [-0.2, 0) is 23.7 Å². The summed E-state index contributed by atoms with van der Waals surface area (Å²) in [5.41, 5.74) is 36.8. The molecule has 15 N–H and O–H groups in total. The molecule has 5 fully saturated rings. The molecule has 35 heteroatoms. The molecule has 0 aliphatic carbocycles. The third-order valence-electron chi connectivity index (χ3n) is 22.5. The van der Waals surface area contributed by atoms with Gasteiger partial charge in [0.2, 0.25) is 0 Å². The Morgan fingerprint density at radius 2 is 0.699 bits per heavy atom. The van der Waals surface area contributed by atoms with Crippen molar-refractivity contribution in [3.8, 4) is 60.8 Å². The minimum atomic E-state index is -1.67. The molecule has 5 aliphatic heterocycles. The minimum Gasteiger partial charge on any atom is -0.394 e. The summed E-state index contributed by atoms with van der Waals surface area (Å²) in [5.74, 6) is 13.5. The molecule has 0 spiro atoms. The number of aliphatic hydroxyl groups is 5. The van der Waals surface area contributed by atoms with Gasteiger partial charge in [-0.1, -0.05) is 105 Å². The fourth-order valence-corrected chi connectivity index (χ4v) is 15.7. The van der Waals surface area contributed by atoms with Gasteiger partial charge in [-0.25, -0.2) is 65.1 Å². The summed E-state index contributed by atoms with van der Waals surface area (Å²) in [6.45, 7) is 23.2. The molecule has 15 heterocycles. The number of nitrogen functional groups attached to an aromatic ring is 5. The van der Waals surface area contributed by atoms with E-state index in [0.29, 0.717) is 84.0 Å². The number of aliphatic hydroxyl groups excluding tert-OH is 5. The van der Waals surface area contributed by atoms with E-state index in [2.05, 4.69) is 126 Å². The second-order valence-electron chi connectivity index (χ2n) is 31.3. The van der Waals surface area contributed by atoms with Crippen molar-refractivity contribution in [1.82, 2.24) is 73.0 Å². The van der Waals surface area contributed by atoms with Gasteiger partial charge in [0.1, 0.15) is 128 Å². The van der Waals surface area contributed by atoms with Crippen molar-refractivity contribution < 1.29 is 66.8 Å². The first-order chi connectivity index (χ1) is 53.4. The van der Waals surface area contributed by atoms with Gasteiger partial charge in [0.05, 0.1) is 114 Å². The molecule has 0 aromatic carbocycles. The van der Waals surface area contributed by atoms with Crippen LogP contribution in [0.25, 0.3) is 27.6 Å². The fraction of sp³-hybridized carbons (Fsp3) is 0.487. The average molecular weight is 1580 g/mol. The van der Waals surface area contributed by atoms with E-state index < -0.39 is 104 Å². The van der Waals surface area contributed by atoms with Crippen LogP contribution in [0.3, 0.4) is 0 Å². The molecule has 18 atom stereocenters. The monoisotopic (exact) mass is 1570 g/mol. The van der Waals surface area contributed by atoms with Gasteiger partial charge in [0, 0.05) is 28.6 Å². The van der Waals surface area contributed by atoms with E-state index in [4.69, 9.17) is 78.0 Å². The highest BCUT2D eigenvalue weighted by molar-refractivity contribution is 6.83. The van der Waals surface area contributed by atoms with E-state index in [9.17, 15) is 34.3 Å². The van der Waals surface area contributed by atoms with Crippen molar-refractivity contribution in [2.45, 2.75) is 174 Å². The molecule has 0 saturated carbocycles. The van der Waals surface area contributed by atoms with Gasteiger partial charge in [-0.2, -0.15) is 25.5 Å². The zero-order valence-electron chi connectivity index (χ0n) is 64.7. The van der Waals surface area contributed by atoms with E-state index in [1.54, 1.807) is 67.9 Å². The van der Waals surface area contributed by atoms with E-state index in [1.807, 2.05) is 6.07 Å². The van der Waals surface area contributed by atoms with E-state index in [0.717, 1.165) is 5.69 Å². The highest BCUT2D eigenvalue weighted by atomic mass is 28.3. The molecule has 113 heavy (non-hydrogen) atoms. The number of rotatable bonds is 10. The number of hydrogen-bond donors (Lipinski definition) is 10. The molecule has 5 saturated heterocycles. The normalized spacial score (nSPS) is 28.7. The number of fused-ring (bicyclic) bond motifs is 5. The predicted molar refractivity (Wildman–Crippen MR) is 415 cm³/mol. The Kier molecular flexibility index (Phi) is 23.7. The number of nitrogens with two attached hydrogens (primary N) is 5. The first kappa shape index (κ1) is 83.4.